The van der Waals surface area contributed by atoms with Crippen LogP contribution < -0.4 is 14.8 Å². The number of benzene rings is 1. The number of carbonyl (C=O) groups is 1. The summed E-state index contributed by atoms with van der Waals surface area (Å²) in [5.74, 6) is 1.31. The molecule has 18 heavy (non-hydrogen) atoms. The molecule has 0 aliphatic heterocycles. The van der Waals surface area contributed by atoms with Crippen LogP contribution in [-0.2, 0) is 4.79 Å². The third-order valence-electron chi connectivity index (χ3n) is 2.58. The molecule has 1 rings (SSSR count). The van der Waals surface area contributed by atoms with Crippen LogP contribution in [-0.4, -0.2) is 45.2 Å². The third-order valence-corrected chi connectivity index (χ3v) is 2.58. The molecular weight excluding hydrogens is 232 g/mol. The molecule has 1 atom stereocenters. The molecule has 1 aromatic rings. The highest BCUT2D eigenvalue weighted by molar-refractivity contribution is 5.83. The van der Waals surface area contributed by atoms with E-state index < -0.39 is 0 Å². The lowest BCUT2D eigenvalue weighted by Crippen LogP contribution is -2.36. The number of anilines is 1. The van der Waals surface area contributed by atoms with Crippen LogP contribution in [0.15, 0.2) is 18.2 Å². The topological polar surface area (TPSA) is 50.8 Å². The van der Waals surface area contributed by atoms with Crippen molar-refractivity contribution in [2.24, 2.45) is 0 Å². The largest absolute Gasteiger partial charge is 0.493 e. The van der Waals surface area contributed by atoms with Crippen molar-refractivity contribution in [1.82, 2.24) is 4.90 Å². The summed E-state index contributed by atoms with van der Waals surface area (Å²) in [4.78, 5) is 13.3. The minimum Gasteiger partial charge on any atom is -0.493 e. The van der Waals surface area contributed by atoms with E-state index in [0.29, 0.717) is 11.5 Å². The molecule has 0 heterocycles. The first-order valence-corrected chi connectivity index (χ1v) is 5.69. The fourth-order valence-electron chi connectivity index (χ4n) is 1.63. The Kier molecular flexibility index (Phi) is 4.83. The standard InChI is InChI=1S/C13H20N2O3/c1-9(13(16)15(2)3)14-10-6-7-11(17-4)12(8-10)18-5/h6-9,14H,1-5H3. The normalized spacial score (nSPS) is 11.6. The number of rotatable bonds is 5. The predicted molar refractivity (Wildman–Crippen MR) is 71.3 cm³/mol. The van der Waals surface area contributed by atoms with E-state index in [0.717, 1.165) is 5.69 Å². The first-order valence-electron chi connectivity index (χ1n) is 5.69. The minimum atomic E-state index is -0.293. The average molecular weight is 252 g/mol. The molecule has 0 aliphatic rings. The molecule has 0 saturated carbocycles. The molecule has 0 fully saturated rings. The zero-order chi connectivity index (χ0) is 13.7. The second-order valence-electron chi connectivity index (χ2n) is 4.17. The van der Waals surface area contributed by atoms with Gasteiger partial charge in [0, 0.05) is 25.8 Å². The van der Waals surface area contributed by atoms with E-state index in [1.165, 1.54) is 0 Å². The van der Waals surface area contributed by atoms with Gasteiger partial charge in [-0.1, -0.05) is 0 Å². The Hall–Kier alpha value is -1.91. The van der Waals surface area contributed by atoms with Crippen LogP contribution in [0.5, 0.6) is 11.5 Å². The molecule has 5 nitrogen and oxygen atoms in total. The van der Waals surface area contributed by atoms with Crippen molar-refractivity contribution < 1.29 is 14.3 Å². The zero-order valence-electron chi connectivity index (χ0n) is 11.5. The Labute approximate surface area is 108 Å². The fraction of sp³-hybridized carbons (Fsp3) is 0.462. The summed E-state index contributed by atoms with van der Waals surface area (Å²) in [6, 6.07) is 5.16. The molecule has 0 spiro atoms. The Bertz CT molecular complexity index is 419. The Morgan fingerprint density at radius 2 is 1.83 bits per heavy atom. The number of nitrogens with one attached hydrogen (secondary N) is 1. The second kappa shape index (κ2) is 6.14. The van der Waals surface area contributed by atoms with E-state index in [2.05, 4.69) is 5.32 Å². The smallest absolute Gasteiger partial charge is 0.244 e. The highest BCUT2D eigenvalue weighted by Crippen LogP contribution is 2.29. The van der Waals surface area contributed by atoms with Crippen LogP contribution in [0.25, 0.3) is 0 Å². The highest BCUT2D eigenvalue weighted by atomic mass is 16.5. The van der Waals surface area contributed by atoms with Crippen molar-refractivity contribution in [3.8, 4) is 11.5 Å². The van der Waals surface area contributed by atoms with E-state index in [1.54, 1.807) is 45.3 Å². The molecule has 100 valence electrons. The molecule has 1 N–H and O–H groups in total. The summed E-state index contributed by atoms with van der Waals surface area (Å²) < 4.78 is 10.4. The van der Waals surface area contributed by atoms with E-state index in [-0.39, 0.29) is 11.9 Å². The van der Waals surface area contributed by atoms with Gasteiger partial charge in [0.15, 0.2) is 11.5 Å². The van der Waals surface area contributed by atoms with Crippen LogP contribution in [0, 0.1) is 0 Å². The number of amides is 1. The van der Waals surface area contributed by atoms with Gasteiger partial charge in [-0.2, -0.15) is 0 Å². The van der Waals surface area contributed by atoms with E-state index in [4.69, 9.17) is 9.47 Å². The summed E-state index contributed by atoms with van der Waals surface area (Å²) in [5, 5.41) is 3.12. The van der Waals surface area contributed by atoms with Crippen LogP contribution >= 0.6 is 0 Å². The predicted octanol–water partition coefficient (Wildman–Crippen LogP) is 1.59. The molecule has 5 heteroatoms. The molecule has 0 bridgehead atoms. The summed E-state index contributed by atoms with van der Waals surface area (Å²) in [6.07, 6.45) is 0. The number of hydrogen-bond acceptors (Lipinski definition) is 4. The summed E-state index contributed by atoms with van der Waals surface area (Å²) in [7, 11) is 6.63. The van der Waals surface area contributed by atoms with Crippen LogP contribution in [0.1, 0.15) is 6.92 Å². The molecule has 0 aliphatic carbocycles. The summed E-state index contributed by atoms with van der Waals surface area (Å²) >= 11 is 0. The second-order valence-corrected chi connectivity index (χ2v) is 4.17. The summed E-state index contributed by atoms with van der Waals surface area (Å²) in [6.45, 7) is 1.82. The maximum absolute atomic E-state index is 11.7. The van der Waals surface area contributed by atoms with Crippen LogP contribution in [0.3, 0.4) is 0 Å². The maximum atomic E-state index is 11.7. The van der Waals surface area contributed by atoms with Gasteiger partial charge in [-0.05, 0) is 19.1 Å². The van der Waals surface area contributed by atoms with Crippen molar-refractivity contribution in [2.75, 3.05) is 33.6 Å². The monoisotopic (exact) mass is 252 g/mol. The SMILES string of the molecule is COc1ccc(NC(C)C(=O)N(C)C)cc1OC. The fourth-order valence-corrected chi connectivity index (χ4v) is 1.63. The van der Waals surface area contributed by atoms with Crippen molar-refractivity contribution in [2.45, 2.75) is 13.0 Å². The lowest BCUT2D eigenvalue weighted by Gasteiger charge is -2.19. The minimum absolute atomic E-state index is 0.0183. The number of methoxy groups -OCH3 is 2. The van der Waals surface area contributed by atoms with Gasteiger partial charge in [0.25, 0.3) is 0 Å². The third kappa shape index (κ3) is 3.29. The van der Waals surface area contributed by atoms with Crippen molar-refractivity contribution >= 4 is 11.6 Å². The van der Waals surface area contributed by atoms with Gasteiger partial charge in [-0.3, -0.25) is 4.79 Å². The average Bonchev–Trinajstić information content (AvgIpc) is 2.37. The number of carbonyl (C=O) groups excluding carboxylic acids is 1. The number of likely N-dealkylation sites (N-methyl/N-ethyl adjacent to an activating group) is 1. The van der Waals surface area contributed by atoms with Gasteiger partial charge >= 0.3 is 0 Å². The first kappa shape index (κ1) is 14.2. The van der Waals surface area contributed by atoms with E-state index in [9.17, 15) is 4.79 Å². The number of hydrogen-bond donors (Lipinski definition) is 1. The van der Waals surface area contributed by atoms with Gasteiger partial charge in [-0.15, -0.1) is 0 Å². The van der Waals surface area contributed by atoms with Gasteiger partial charge in [0.05, 0.1) is 14.2 Å². The molecule has 0 aromatic heterocycles. The van der Waals surface area contributed by atoms with E-state index >= 15 is 0 Å². The molecule has 0 saturated heterocycles. The molecular formula is C13H20N2O3. The lowest BCUT2D eigenvalue weighted by atomic mass is 10.2. The van der Waals surface area contributed by atoms with Crippen molar-refractivity contribution in [3.05, 3.63) is 18.2 Å². The molecule has 1 unspecified atom stereocenters. The Morgan fingerprint density at radius 1 is 1.22 bits per heavy atom. The van der Waals surface area contributed by atoms with Crippen molar-refractivity contribution in [3.63, 3.8) is 0 Å². The lowest BCUT2D eigenvalue weighted by molar-refractivity contribution is -0.129. The number of ether oxygens (including phenoxy) is 2. The van der Waals surface area contributed by atoms with Gasteiger partial charge in [0.2, 0.25) is 5.91 Å². The number of nitrogens with zero attached hydrogens (tertiary/aromatic N) is 1. The van der Waals surface area contributed by atoms with E-state index in [1.807, 2.05) is 13.0 Å². The van der Waals surface area contributed by atoms with Crippen molar-refractivity contribution in [1.29, 1.82) is 0 Å². The molecule has 1 amide bonds. The first-order chi connectivity index (χ1) is 8.49. The van der Waals surface area contributed by atoms with Crippen LogP contribution in [0.4, 0.5) is 5.69 Å². The van der Waals surface area contributed by atoms with Gasteiger partial charge in [0.1, 0.15) is 6.04 Å². The van der Waals surface area contributed by atoms with Crippen LogP contribution in [0.2, 0.25) is 0 Å². The summed E-state index contributed by atoms with van der Waals surface area (Å²) in [5.41, 5.74) is 0.815. The highest BCUT2D eigenvalue weighted by Gasteiger charge is 2.15. The molecule has 1 aromatic carbocycles. The van der Waals surface area contributed by atoms with Gasteiger partial charge in [-0.25, -0.2) is 0 Å². The zero-order valence-corrected chi connectivity index (χ0v) is 11.5. The Morgan fingerprint density at radius 3 is 2.33 bits per heavy atom. The Balaban J connectivity index is 2.82. The molecule has 0 radical (unpaired) electrons. The van der Waals surface area contributed by atoms with Gasteiger partial charge < -0.3 is 19.7 Å². The maximum Gasteiger partial charge on any atom is 0.244 e. The quantitative estimate of drug-likeness (QED) is 0.864.